The van der Waals surface area contributed by atoms with Gasteiger partial charge in [-0.15, -0.1) is 0 Å². The van der Waals surface area contributed by atoms with Crippen LogP contribution in [0.2, 0.25) is 0 Å². The van der Waals surface area contributed by atoms with Gasteiger partial charge in [0.05, 0.1) is 17.6 Å². The Bertz CT molecular complexity index is 730. The SMILES string of the molecule is CCOC(=O)/C=C1/CC(c2ccccc2[N+](=O)[O-])N2CCC(=O)N12. The number of nitro groups is 1. The summed E-state index contributed by atoms with van der Waals surface area (Å²) in [4.78, 5) is 34.8. The molecular formula is C16H17N3O5. The summed E-state index contributed by atoms with van der Waals surface area (Å²) in [6.07, 6.45) is 1.96. The zero-order valence-electron chi connectivity index (χ0n) is 13.2. The van der Waals surface area contributed by atoms with Gasteiger partial charge in [0.15, 0.2) is 0 Å². The fraction of sp³-hybridized carbons (Fsp3) is 0.375. The highest BCUT2D eigenvalue weighted by atomic mass is 16.6. The van der Waals surface area contributed by atoms with Crippen LogP contribution in [0.1, 0.15) is 31.4 Å². The van der Waals surface area contributed by atoms with Crippen molar-refractivity contribution in [1.82, 2.24) is 10.0 Å². The summed E-state index contributed by atoms with van der Waals surface area (Å²) in [6.45, 7) is 2.41. The van der Waals surface area contributed by atoms with Gasteiger partial charge in [-0.25, -0.2) is 14.8 Å². The number of benzene rings is 1. The van der Waals surface area contributed by atoms with Crippen LogP contribution >= 0.6 is 0 Å². The maximum Gasteiger partial charge on any atom is 0.332 e. The molecule has 1 aromatic rings. The van der Waals surface area contributed by atoms with Gasteiger partial charge in [-0.2, -0.15) is 0 Å². The summed E-state index contributed by atoms with van der Waals surface area (Å²) in [7, 11) is 0. The molecule has 0 bridgehead atoms. The lowest BCUT2D eigenvalue weighted by Crippen LogP contribution is -2.33. The first-order valence-corrected chi connectivity index (χ1v) is 7.73. The first kappa shape index (κ1) is 16.1. The molecule has 3 rings (SSSR count). The molecule has 1 aromatic carbocycles. The molecule has 0 aliphatic carbocycles. The third-order valence-corrected chi connectivity index (χ3v) is 4.15. The van der Waals surface area contributed by atoms with E-state index in [0.29, 0.717) is 30.6 Å². The third kappa shape index (κ3) is 2.76. The van der Waals surface area contributed by atoms with Crippen LogP contribution in [-0.2, 0) is 14.3 Å². The number of amides is 1. The first-order chi connectivity index (χ1) is 11.5. The largest absolute Gasteiger partial charge is 0.463 e. The summed E-state index contributed by atoms with van der Waals surface area (Å²) in [5, 5.41) is 14.5. The molecule has 8 heteroatoms. The van der Waals surface area contributed by atoms with Gasteiger partial charge in [0.2, 0.25) is 5.91 Å². The molecule has 0 N–H and O–H groups in total. The molecular weight excluding hydrogens is 314 g/mol. The van der Waals surface area contributed by atoms with E-state index < -0.39 is 10.9 Å². The molecule has 0 saturated carbocycles. The molecule has 2 aliphatic rings. The average Bonchev–Trinajstić information content (AvgIpc) is 3.09. The van der Waals surface area contributed by atoms with Crippen LogP contribution in [0.25, 0.3) is 0 Å². The molecule has 126 valence electrons. The van der Waals surface area contributed by atoms with Gasteiger partial charge in [0.1, 0.15) is 0 Å². The second kappa shape index (κ2) is 6.40. The lowest BCUT2D eigenvalue weighted by Gasteiger charge is -2.24. The Morgan fingerprint density at radius 2 is 2.21 bits per heavy atom. The zero-order chi connectivity index (χ0) is 17.3. The number of hydrazine groups is 1. The number of fused-ring (bicyclic) bond motifs is 1. The molecule has 2 saturated heterocycles. The van der Waals surface area contributed by atoms with Gasteiger partial charge in [-0.05, 0) is 6.92 Å². The fourth-order valence-corrected chi connectivity index (χ4v) is 3.22. The summed E-state index contributed by atoms with van der Waals surface area (Å²) in [5.41, 5.74) is 1.06. The Labute approximate surface area is 138 Å². The fourth-order valence-electron chi connectivity index (χ4n) is 3.22. The molecule has 1 amide bonds. The van der Waals surface area contributed by atoms with E-state index in [1.165, 1.54) is 17.2 Å². The first-order valence-electron chi connectivity index (χ1n) is 7.73. The van der Waals surface area contributed by atoms with E-state index in [4.69, 9.17) is 4.74 Å². The Hall–Kier alpha value is -2.74. The lowest BCUT2D eigenvalue weighted by molar-refractivity contribution is -0.386. The number of para-hydroxylation sites is 1. The molecule has 2 fully saturated rings. The molecule has 2 aliphatic heterocycles. The molecule has 1 atom stereocenters. The number of carbonyl (C=O) groups excluding carboxylic acids is 2. The van der Waals surface area contributed by atoms with Crippen LogP contribution in [0.4, 0.5) is 5.69 Å². The molecule has 1 unspecified atom stereocenters. The summed E-state index contributed by atoms with van der Waals surface area (Å²) in [5.74, 6) is -0.637. The number of esters is 1. The molecule has 0 aromatic heterocycles. The predicted molar refractivity (Wildman–Crippen MR) is 83.3 cm³/mol. The monoisotopic (exact) mass is 331 g/mol. The maximum atomic E-state index is 12.2. The highest BCUT2D eigenvalue weighted by molar-refractivity contribution is 5.86. The number of ether oxygens (including phenoxy) is 1. The van der Waals surface area contributed by atoms with Crippen LogP contribution in [0.5, 0.6) is 0 Å². The van der Waals surface area contributed by atoms with Crippen LogP contribution in [0, 0.1) is 10.1 Å². The van der Waals surface area contributed by atoms with Crippen molar-refractivity contribution in [2.45, 2.75) is 25.8 Å². The average molecular weight is 331 g/mol. The number of hydrogen-bond acceptors (Lipinski definition) is 6. The maximum absolute atomic E-state index is 12.2. The van der Waals surface area contributed by atoms with E-state index in [1.54, 1.807) is 30.1 Å². The quantitative estimate of drug-likeness (QED) is 0.362. The van der Waals surface area contributed by atoms with Crippen LogP contribution < -0.4 is 0 Å². The van der Waals surface area contributed by atoms with Crippen molar-refractivity contribution >= 4 is 17.6 Å². The van der Waals surface area contributed by atoms with Crippen molar-refractivity contribution in [3.8, 4) is 0 Å². The van der Waals surface area contributed by atoms with Crippen molar-refractivity contribution in [1.29, 1.82) is 0 Å². The van der Waals surface area contributed by atoms with Crippen molar-refractivity contribution in [2.24, 2.45) is 0 Å². The van der Waals surface area contributed by atoms with Gasteiger partial charge < -0.3 is 4.74 Å². The zero-order valence-corrected chi connectivity index (χ0v) is 13.2. The summed E-state index contributed by atoms with van der Waals surface area (Å²) >= 11 is 0. The minimum absolute atomic E-state index is 0.0131. The Kier molecular flexibility index (Phi) is 4.30. The van der Waals surface area contributed by atoms with Crippen LogP contribution in [-0.4, -0.2) is 40.0 Å². The van der Waals surface area contributed by atoms with Crippen LogP contribution in [0.3, 0.4) is 0 Å². The third-order valence-electron chi connectivity index (χ3n) is 4.15. The second-order valence-corrected chi connectivity index (χ2v) is 5.54. The van der Waals surface area contributed by atoms with Crippen LogP contribution in [0.15, 0.2) is 36.0 Å². The smallest absolute Gasteiger partial charge is 0.332 e. The number of nitro benzene ring substituents is 1. The van der Waals surface area contributed by atoms with E-state index in [9.17, 15) is 19.7 Å². The van der Waals surface area contributed by atoms with Gasteiger partial charge in [-0.1, -0.05) is 18.2 Å². The van der Waals surface area contributed by atoms with Crippen molar-refractivity contribution < 1.29 is 19.2 Å². The van der Waals surface area contributed by atoms with Crippen molar-refractivity contribution in [2.75, 3.05) is 13.2 Å². The summed E-state index contributed by atoms with van der Waals surface area (Å²) in [6, 6.07) is 6.14. The minimum atomic E-state index is -0.518. The van der Waals surface area contributed by atoms with Gasteiger partial charge >= 0.3 is 5.97 Å². The number of rotatable bonds is 4. The van der Waals surface area contributed by atoms with E-state index in [2.05, 4.69) is 0 Å². The molecule has 2 heterocycles. The van der Waals surface area contributed by atoms with E-state index in [0.717, 1.165) is 0 Å². The second-order valence-electron chi connectivity index (χ2n) is 5.54. The lowest BCUT2D eigenvalue weighted by atomic mass is 10.0. The Balaban J connectivity index is 1.98. The Morgan fingerprint density at radius 1 is 1.46 bits per heavy atom. The number of hydrogen-bond donors (Lipinski definition) is 0. The van der Waals surface area contributed by atoms with Gasteiger partial charge in [0, 0.05) is 42.8 Å². The number of nitrogens with zero attached hydrogens (tertiary/aromatic N) is 3. The highest BCUT2D eigenvalue weighted by Crippen LogP contribution is 2.44. The molecule has 8 nitrogen and oxygen atoms in total. The highest BCUT2D eigenvalue weighted by Gasteiger charge is 2.45. The van der Waals surface area contributed by atoms with Crippen molar-refractivity contribution in [3.63, 3.8) is 0 Å². The molecule has 24 heavy (non-hydrogen) atoms. The predicted octanol–water partition coefficient (Wildman–Crippen LogP) is 1.94. The molecule has 0 radical (unpaired) electrons. The minimum Gasteiger partial charge on any atom is -0.463 e. The van der Waals surface area contributed by atoms with E-state index in [-0.39, 0.29) is 24.2 Å². The molecule has 0 spiro atoms. The number of carbonyl (C=O) groups is 2. The van der Waals surface area contributed by atoms with Gasteiger partial charge in [0.25, 0.3) is 5.69 Å². The van der Waals surface area contributed by atoms with Crippen molar-refractivity contribution in [3.05, 3.63) is 51.7 Å². The normalized spacial score (nSPS) is 22.0. The Morgan fingerprint density at radius 3 is 2.92 bits per heavy atom. The van der Waals surface area contributed by atoms with E-state index >= 15 is 0 Å². The standard InChI is InChI=1S/C16H17N3O5/c1-2-24-16(21)10-11-9-14(17-8-7-15(20)18(11)17)12-5-3-4-6-13(12)19(22)23/h3-6,10,14H,2,7-9H2,1H3/b11-10-. The van der Waals surface area contributed by atoms with E-state index in [1.807, 2.05) is 0 Å². The topological polar surface area (TPSA) is 93.0 Å². The van der Waals surface area contributed by atoms with Gasteiger partial charge in [-0.3, -0.25) is 14.9 Å². The summed E-state index contributed by atoms with van der Waals surface area (Å²) < 4.78 is 4.91.